The van der Waals surface area contributed by atoms with Crippen LogP contribution < -0.4 is 5.73 Å². The Balaban J connectivity index is 1.99. The molecule has 0 bridgehead atoms. The lowest BCUT2D eigenvalue weighted by atomic mass is 10.0. The molecule has 19 heavy (non-hydrogen) atoms. The molecule has 1 atom stereocenters. The molecule has 0 amide bonds. The maximum atomic E-state index is 13.0. The summed E-state index contributed by atoms with van der Waals surface area (Å²) in [5.41, 5.74) is 8.22. The Bertz CT molecular complexity index is 627. The highest BCUT2D eigenvalue weighted by Crippen LogP contribution is 2.36. The largest absolute Gasteiger partial charge is 0.399 e. The van der Waals surface area contributed by atoms with Gasteiger partial charge in [0.25, 0.3) is 5.92 Å². The first-order valence-corrected chi connectivity index (χ1v) is 6.21. The maximum absolute atomic E-state index is 13.0. The van der Waals surface area contributed by atoms with Gasteiger partial charge in [0.05, 0.1) is 30.3 Å². The third-order valence-corrected chi connectivity index (χ3v) is 3.72. The average molecular weight is 266 g/mol. The normalized spacial score (nSPS) is 20.4. The lowest BCUT2D eigenvalue weighted by molar-refractivity contribution is -0.144. The Morgan fingerprint density at radius 3 is 2.68 bits per heavy atom. The molecule has 102 valence electrons. The van der Waals surface area contributed by atoms with Gasteiger partial charge in [-0.1, -0.05) is 0 Å². The van der Waals surface area contributed by atoms with Crippen molar-refractivity contribution in [2.24, 2.45) is 7.05 Å². The molecule has 0 aliphatic carbocycles. The van der Waals surface area contributed by atoms with Crippen LogP contribution in [0.25, 0.3) is 10.9 Å². The van der Waals surface area contributed by atoms with E-state index in [1.54, 1.807) is 9.58 Å². The molecule has 2 N–H and O–H groups in total. The number of fused-ring (bicyclic) bond motifs is 1. The lowest BCUT2D eigenvalue weighted by Gasteiger charge is -2.42. The Morgan fingerprint density at radius 1 is 1.37 bits per heavy atom. The molecule has 1 aromatic heterocycles. The first kappa shape index (κ1) is 12.3. The van der Waals surface area contributed by atoms with E-state index in [0.717, 1.165) is 16.6 Å². The van der Waals surface area contributed by atoms with E-state index in [1.807, 2.05) is 32.2 Å². The molecule has 2 heterocycles. The summed E-state index contributed by atoms with van der Waals surface area (Å²) in [4.78, 5) is 1.73. The number of hydrogen-bond donors (Lipinski definition) is 1. The first-order chi connectivity index (χ1) is 8.87. The molecule has 6 heteroatoms. The third-order valence-electron chi connectivity index (χ3n) is 3.72. The summed E-state index contributed by atoms with van der Waals surface area (Å²) < 4.78 is 27.7. The van der Waals surface area contributed by atoms with Crippen molar-refractivity contribution in [3.05, 3.63) is 23.9 Å². The van der Waals surface area contributed by atoms with Crippen LogP contribution >= 0.6 is 0 Å². The van der Waals surface area contributed by atoms with Crippen molar-refractivity contribution in [1.82, 2.24) is 14.7 Å². The Hall–Kier alpha value is -1.69. The van der Waals surface area contributed by atoms with Crippen LogP contribution in [0.5, 0.6) is 0 Å². The van der Waals surface area contributed by atoms with Gasteiger partial charge in [-0.15, -0.1) is 0 Å². The summed E-state index contributed by atoms with van der Waals surface area (Å²) in [5, 5.41) is 5.39. The van der Waals surface area contributed by atoms with Crippen molar-refractivity contribution in [1.29, 1.82) is 0 Å². The van der Waals surface area contributed by atoms with Crippen molar-refractivity contribution in [3.63, 3.8) is 0 Å². The highest BCUT2D eigenvalue weighted by atomic mass is 19.3. The highest BCUT2D eigenvalue weighted by molar-refractivity contribution is 5.85. The molecule has 1 aromatic carbocycles. The Kier molecular flexibility index (Phi) is 2.53. The number of hydrogen-bond acceptors (Lipinski definition) is 3. The number of rotatable bonds is 2. The molecule has 2 aromatic rings. The van der Waals surface area contributed by atoms with E-state index in [9.17, 15) is 8.78 Å². The van der Waals surface area contributed by atoms with Gasteiger partial charge in [0.2, 0.25) is 0 Å². The Labute approximate surface area is 109 Å². The lowest BCUT2D eigenvalue weighted by Crippen LogP contribution is -2.56. The van der Waals surface area contributed by atoms with Gasteiger partial charge in [-0.25, -0.2) is 8.78 Å². The molecule has 1 unspecified atom stereocenters. The molecule has 0 spiro atoms. The second-order valence-corrected chi connectivity index (χ2v) is 5.22. The van der Waals surface area contributed by atoms with E-state index in [1.165, 1.54) is 0 Å². The van der Waals surface area contributed by atoms with Crippen molar-refractivity contribution in [2.45, 2.75) is 18.9 Å². The fourth-order valence-corrected chi connectivity index (χ4v) is 2.61. The van der Waals surface area contributed by atoms with Gasteiger partial charge in [0.15, 0.2) is 0 Å². The van der Waals surface area contributed by atoms with E-state index in [2.05, 4.69) is 5.10 Å². The molecule has 1 fully saturated rings. The number of alkyl halides is 2. The monoisotopic (exact) mass is 266 g/mol. The maximum Gasteiger partial charge on any atom is 0.272 e. The van der Waals surface area contributed by atoms with Crippen LogP contribution in [0.2, 0.25) is 0 Å². The number of nitrogens with zero attached hydrogens (tertiary/aromatic N) is 3. The van der Waals surface area contributed by atoms with Crippen LogP contribution in [-0.2, 0) is 7.05 Å². The number of aryl methyl sites for hydroxylation is 1. The quantitative estimate of drug-likeness (QED) is 0.847. The van der Waals surface area contributed by atoms with Gasteiger partial charge < -0.3 is 5.73 Å². The number of nitrogens with two attached hydrogens (primary N) is 1. The SMILES string of the molecule is CC(c1nn(C)c2ccc(N)cc12)N1CC(F)(F)C1. The van der Waals surface area contributed by atoms with Gasteiger partial charge >= 0.3 is 0 Å². The summed E-state index contributed by atoms with van der Waals surface area (Å²) in [6.45, 7) is 1.50. The summed E-state index contributed by atoms with van der Waals surface area (Å²) >= 11 is 0. The molecular weight excluding hydrogens is 250 g/mol. The molecular formula is C13H16F2N4. The first-order valence-electron chi connectivity index (χ1n) is 6.21. The second-order valence-electron chi connectivity index (χ2n) is 5.22. The third kappa shape index (κ3) is 1.96. The second kappa shape index (κ2) is 3.90. The van der Waals surface area contributed by atoms with Crippen LogP contribution in [0.1, 0.15) is 18.7 Å². The Morgan fingerprint density at radius 2 is 2.05 bits per heavy atom. The molecule has 1 saturated heterocycles. The smallest absolute Gasteiger partial charge is 0.272 e. The number of aromatic nitrogens is 2. The summed E-state index contributed by atoms with van der Waals surface area (Å²) in [6, 6.07) is 5.44. The van der Waals surface area contributed by atoms with Gasteiger partial charge in [-0.3, -0.25) is 9.58 Å². The molecule has 1 aliphatic heterocycles. The van der Waals surface area contributed by atoms with Crippen molar-refractivity contribution in [3.8, 4) is 0 Å². The zero-order valence-corrected chi connectivity index (χ0v) is 10.9. The summed E-state index contributed by atoms with van der Waals surface area (Å²) in [7, 11) is 1.85. The van der Waals surface area contributed by atoms with Gasteiger partial charge in [-0.05, 0) is 25.1 Å². The minimum Gasteiger partial charge on any atom is -0.399 e. The van der Waals surface area contributed by atoms with Crippen molar-refractivity contribution >= 4 is 16.6 Å². The molecule has 3 rings (SSSR count). The van der Waals surface area contributed by atoms with E-state index < -0.39 is 5.92 Å². The molecule has 0 radical (unpaired) electrons. The number of nitrogen functional groups attached to an aromatic ring is 1. The zero-order valence-electron chi connectivity index (χ0n) is 10.9. The predicted octanol–water partition coefficient (Wildman–Crippen LogP) is 2.17. The standard InChI is InChI=1S/C13H16F2N4/c1-8(19-6-13(14,15)7-19)12-10-5-9(16)3-4-11(10)18(2)17-12/h3-5,8H,6-7,16H2,1-2H3. The molecule has 4 nitrogen and oxygen atoms in total. The van der Waals surface area contributed by atoms with Gasteiger partial charge in [0, 0.05) is 18.1 Å². The van der Waals surface area contributed by atoms with Crippen LogP contribution in [-0.4, -0.2) is 33.7 Å². The summed E-state index contributed by atoms with van der Waals surface area (Å²) in [5.74, 6) is -2.56. The van der Waals surface area contributed by atoms with E-state index in [0.29, 0.717) is 5.69 Å². The highest BCUT2D eigenvalue weighted by Gasteiger charge is 2.46. The van der Waals surface area contributed by atoms with Crippen LogP contribution in [0.4, 0.5) is 14.5 Å². The number of anilines is 1. The van der Waals surface area contributed by atoms with Crippen LogP contribution in [0.3, 0.4) is 0 Å². The number of likely N-dealkylation sites (tertiary alicyclic amines) is 1. The topological polar surface area (TPSA) is 47.1 Å². The molecule has 1 aliphatic rings. The summed E-state index contributed by atoms with van der Waals surface area (Å²) in [6.07, 6.45) is 0. The van der Waals surface area contributed by atoms with E-state index in [4.69, 9.17) is 5.73 Å². The average Bonchev–Trinajstić information content (AvgIpc) is 2.62. The number of benzene rings is 1. The van der Waals surface area contributed by atoms with E-state index >= 15 is 0 Å². The minimum atomic E-state index is -2.56. The van der Waals surface area contributed by atoms with E-state index in [-0.39, 0.29) is 19.1 Å². The fourth-order valence-electron chi connectivity index (χ4n) is 2.61. The predicted molar refractivity (Wildman–Crippen MR) is 70.1 cm³/mol. The van der Waals surface area contributed by atoms with Crippen molar-refractivity contribution in [2.75, 3.05) is 18.8 Å². The van der Waals surface area contributed by atoms with Crippen molar-refractivity contribution < 1.29 is 8.78 Å². The van der Waals surface area contributed by atoms with Gasteiger partial charge in [0.1, 0.15) is 0 Å². The zero-order chi connectivity index (χ0) is 13.8. The van der Waals surface area contributed by atoms with Crippen LogP contribution in [0, 0.1) is 0 Å². The molecule has 0 saturated carbocycles. The number of halogens is 2. The van der Waals surface area contributed by atoms with Crippen LogP contribution in [0.15, 0.2) is 18.2 Å². The fraction of sp³-hybridized carbons (Fsp3) is 0.462. The van der Waals surface area contributed by atoms with Gasteiger partial charge in [-0.2, -0.15) is 5.10 Å². The minimum absolute atomic E-state index is 0.134.